The molecule has 0 radical (unpaired) electrons. The SMILES string of the molecule is CN1C(=O)CCN(c2ccccc2OC(F)(F)F)c2cc([N+](=O)[O-])ccc21. The van der Waals surface area contributed by atoms with E-state index in [0.29, 0.717) is 5.69 Å². The molecular formula is C17H14F3N3O4. The lowest BCUT2D eigenvalue weighted by Crippen LogP contribution is -2.25. The number of para-hydroxylation sites is 2. The van der Waals surface area contributed by atoms with E-state index < -0.39 is 17.0 Å². The smallest absolute Gasteiger partial charge is 0.404 e. The van der Waals surface area contributed by atoms with Gasteiger partial charge in [0.2, 0.25) is 5.91 Å². The molecule has 0 fully saturated rings. The van der Waals surface area contributed by atoms with Gasteiger partial charge in [-0.1, -0.05) is 12.1 Å². The van der Waals surface area contributed by atoms with Gasteiger partial charge in [0.15, 0.2) is 5.75 Å². The van der Waals surface area contributed by atoms with E-state index in [-0.39, 0.29) is 35.9 Å². The summed E-state index contributed by atoms with van der Waals surface area (Å²) in [6.45, 7) is 0.0373. The lowest BCUT2D eigenvalue weighted by atomic mass is 10.1. The third-order valence-electron chi connectivity index (χ3n) is 4.13. The molecule has 0 aliphatic carbocycles. The molecule has 0 N–H and O–H groups in total. The number of nitro groups is 1. The minimum atomic E-state index is -4.90. The number of nitrogens with zero attached hydrogens (tertiary/aromatic N) is 3. The first-order chi connectivity index (χ1) is 12.7. The Hall–Kier alpha value is -3.30. The second-order valence-electron chi connectivity index (χ2n) is 5.80. The van der Waals surface area contributed by atoms with E-state index in [0.717, 1.165) is 6.07 Å². The van der Waals surface area contributed by atoms with E-state index in [9.17, 15) is 28.1 Å². The maximum Gasteiger partial charge on any atom is 0.573 e. The van der Waals surface area contributed by atoms with Crippen LogP contribution in [0, 0.1) is 10.1 Å². The van der Waals surface area contributed by atoms with Crippen LogP contribution in [-0.2, 0) is 4.79 Å². The van der Waals surface area contributed by atoms with Crippen LogP contribution >= 0.6 is 0 Å². The van der Waals surface area contributed by atoms with Crippen molar-refractivity contribution in [2.24, 2.45) is 0 Å². The van der Waals surface area contributed by atoms with Crippen LogP contribution in [0.15, 0.2) is 42.5 Å². The van der Waals surface area contributed by atoms with E-state index >= 15 is 0 Å². The molecule has 142 valence electrons. The van der Waals surface area contributed by atoms with Gasteiger partial charge in [-0.25, -0.2) is 0 Å². The standard InChI is InChI=1S/C17H14F3N3O4/c1-21-12-7-6-11(23(25)26)10-14(12)22(9-8-16(21)24)13-4-2-3-5-15(13)27-17(18,19)20/h2-7,10H,8-9H2,1H3. The number of carbonyl (C=O) groups excluding carboxylic acids is 1. The van der Waals surface area contributed by atoms with Crippen molar-refractivity contribution in [2.45, 2.75) is 12.8 Å². The molecule has 1 aliphatic rings. The number of alkyl halides is 3. The minimum Gasteiger partial charge on any atom is -0.404 e. The number of amides is 1. The van der Waals surface area contributed by atoms with Crippen LogP contribution in [0.5, 0.6) is 5.75 Å². The van der Waals surface area contributed by atoms with Crippen molar-refractivity contribution >= 4 is 28.7 Å². The van der Waals surface area contributed by atoms with Gasteiger partial charge < -0.3 is 14.5 Å². The maximum atomic E-state index is 12.8. The molecule has 1 heterocycles. The van der Waals surface area contributed by atoms with Crippen molar-refractivity contribution < 1.29 is 27.6 Å². The highest BCUT2D eigenvalue weighted by Crippen LogP contribution is 2.43. The Labute approximate surface area is 151 Å². The average molecular weight is 381 g/mol. The number of rotatable bonds is 3. The van der Waals surface area contributed by atoms with Crippen molar-refractivity contribution in [1.29, 1.82) is 0 Å². The predicted molar refractivity (Wildman–Crippen MR) is 91.3 cm³/mol. The van der Waals surface area contributed by atoms with Crippen molar-refractivity contribution in [3.8, 4) is 5.75 Å². The van der Waals surface area contributed by atoms with E-state index in [1.165, 1.54) is 53.2 Å². The number of carbonyl (C=O) groups is 1. The van der Waals surface area contributed by atoms with Crippen LogP contribution < -0.4 is 14.5 Å². The summed E-state index contributed by atoms with van der Waals surface area (Å²) in [5, 5.41) is 11.1. The van der Waals surface area contributed by atoms with Gasteiger partial charge in [0.1, 0.15) is 0 Å². The molecule has 1 amide bonds. The Morgan fingerprint density at radius 3 is 2.48 bits per heavy atom. The number of ether oxygens (including phenoxy) is 1. The van der Waals surface area contributed by atoms with Crippen LogP contribution in [0.4, 0.5) is 35.9 Å². The fourth-order valence-electron chi connectivity index (χ4n) is 2.90. The van der Waals surface area contributed by atoms with Crippen LogP contribution in [-0.4, -0.2) is 30.8 Å². The molecule has 0 aromatic heterocycles. The Morgan fingerprint density at radius 2 is 1.81 bits per heavy atom. The molecule has 10 heteroatoms. The molecule has 0 spiro atoms. The Balaban J connectivity index is 2.17. The predicted octanol–water partition coefficient (Wildman–Crippen LogP) is 4.00. The molecule has 0 unspecified atom stereocenters. The normalized spacial score (nSPS) is 14.6. The molecule has 0 saturated heterocycles. The van der Waals surface area contributed by atoms with Crippen LogP contribution in [0.2, 0.25) is 0 Å². The van der Waals surface area contributed by atoms with Crippen molar-refractivity contribution in [3.05, 3.63) is 52.6 Å². The Morgan fingerprint density at radius 1 is 1.11 bits per heavy atom. The zero-order valence-corrected chi connectivity index (χ0v) is 14.1. The molecular weight excluding hydrogens is 367 g/mol. The topological polar surface area (TPSA) is 75.9 Å². The molecule has 27 heavy (non-hydrogen) atoms. The van der Waals surface area contributed by atoms with Gasteiger partial charge >= 0.3 is 6.36 Å². The summed E-state index contributed by atoms with van der Waals surface area (Å²) < 4.78 is 42.4. The fourth-order valence-corrected chi connectivity index (χ4v) is 2.90. The van der Waals surface area contributed by atoms with Crippen molar-refractivity contribution in [2.75, 3.05) is 23.4 Å². The number of hydrogen-bond acceptors (Lipinski definition) is 5. The van der Waals surface area contributed by atoms with Crippen molar-refractivity contribution in [3.63, 3.8) is 0 Å². The third kappa shape index (κ3) is 3.78. The van der Waals surface area contributed by atoms with Gasteiger partial charge in [-0.2, -0.15) is 0 Å². The van der Waals surface area contributed by atoms with E-state index in [2.05, 4.69) is 4.74 Å². The molecule has 3 rings (SSSR count). The van der Waals surface area contributed by atoms with E-state index in [4.69, 9.17) is 0 Å². The maximum absolute atomic E-state index is 12.8. The zero-order chi connectivity index (χ0) is 19.8. The van der Waals surface area contributed by atoms with Crippen molar-refractivity contribution in [1.82, 2.24) is 0 Å². The average Bonchev–Trinajstić information content (AvgIpc) is 2.72. The monoisotopic (exact) mass is 381 g/mol. The third-order valence-corrected chi connectivity index (χ3v) is 4.13. The largest absolute Gasteiger partial charge is 0.573 e. The number of non-ortho nitro benzene ring substituents is 1. The lowest BCUT2D eigenvalue weighted by Gasteiger charge is -2.27. The summed E-state index contributed by atoms with van der Waals surface area (Å²) in [5.41, 5.74) is 0.413. The van der Waals surface area contributed by atoms with Gasteiger partial charge in [-0.3, -0.25) is 14.9 Å². The van der Waals surface area contributed by atoms with Gasteiger partial charge in [0.25, 0.3) is 5.69 Å². The molecule has 0 atom stereocenters. The Bertz CT molecular complexity index is 901. The minimum absolute atomic E-state index is 0.0132. The van der Waals surface area contributed by atoms with Gasteiger partial charge in [0.05, 0.1) is 22.0 Å². The number of anilines is 3. The van der Waals surface area contributed by atoms with E-state index in [1.807, 2.05) is 0 Å². The fraction of sp³-hybridized carbons (Fsp3) is 0.235. The highest BCUT2D eigenvalue weighted by molar-refractivity contribution is 6.00. The summed E-state index contributed by atoms with van der Waals surface area (Å²) in [6, 6.07) is 9.33. The van der Waals surface area contributed by atoms with Crippen LogP contribution in [0.25, 0.3) is 0 Å². The molecule has 0 saturated carbocycles. The molecule has 2 aromatic rings. The number of nitro benzene ring substituents is 1. The molecule has 0 bridgehead atoms. The highest BCUT2D eigenvalue weighted by Gasteiger charge is 2.34. The summed E-state index contributed by atoms with van der Waals surface area (Å²) in [4.78, 5) is 25.5. The number of hydrogen-bond donors (Lipinski definition) is 0. The van der Waals surface area contributed by atoms with Crippen LogP contribution in [0.3, 0.4) is 0 Å². The van der Waals surface area contributed by atoms with Gasteiger partial charge in [0, 0.05) is 32.1 Å². The number of benzene rings is 2. The quantitative estimate of drug-likeness (QED) is 0.593. The Kier molecular flexibility index (Phi) is 4.64. The van der Waals surface area contributed by atoms with Crippen LogP contribution in [0.1, 0.15) is 6.42 Å². The van der Waals surface area contributed by atoms with Gasteiger partial charge in [-0.15, -0.1) is 13.2 Å². The lowest BCUT2D eigenvalue weighted by molar-refractivity contribution is -0.384. The number of halogens is 3. The first-order valence-electron chi connectivity index (χ1n) is 7.84. The molecule has 2 aromatic carbocycles. The highest BCUT2D eigenvalue weighted by atomic mass is 19.4. The van der Waals surface area contributed by atoms with E-state index in [1.54, 1.807) is 0 Å². The first-order valence-corrected chi connectivity index (χ1v) is 7.84. The van der Waals surface area contributed by atoms with Gasteiger partial charge in [-0.05, 0) is 18.2 Å². The number of fused-ring (bicyclic) bond motifs is 1. The zero-order valence-electron chi connectivity index (χ0n) is 14.1. The summed E-state index contributed by atoms with van der Waals surface area (Å²) >= 11 is 0. The summed E-state index contributed by atoms with van der Waals surface area (Å²) in [6.07, 6.45) is -4.89. The second-order valence-corrected chi connectivity index (χ2v) is 5.80. The molecule has 7 nitrogen and oxygen atoms in total. The second kappa shape index (κ2) is 6.78. The summed E-state index contributed by atoms with van der Waals surface area (Å²) in [5.74, 6) is -0.721. The molecule has 1 aliphatic heterocycles. The first kappa shape index (κ1) is 18.5. The summed E-state index contributed by atoms with van der Waals surface area (Å²) in [7, 11) is 1.51.